The molecule has 6 rings (SSSR count). The molecular weight excluding hydrogens is 754 g/mol. The molecule has 0 aliphatic carbocycles. The monoisotopic (exact) mass is 784 g/mol. The lowest BCUT2D eigenvalue weighted by molar-refractivity contribution is -0.132. The molecule has 4 aromatic rings. The number of aliphatic carboxylic acids is 2. The fourth-order valence-electron chi connectivity index (χ4n) is 6.00. The number of hydrogen-bond acceptors (Lipinski definition) is 7. The van der Waals surface area contributed by atoms with Crippen LogP contribution in [0.2, 0.25) is 20.1 Å². The Balaban J connectivity index is 1.47. The summed E-state index contributed by atoms with van der Waals surface area (Å²) in [6, 6.07) is 19.6. The molecule has 0 unspecified atom stereocenters. The summed E-state index contributed by atoms with van der Waals surface area (Å²) < 4.78 is 11.1. The summed E-state index contributed by atoms with van der Waals surface area (Å²) in [6.07, 6.45) is 4.93. The van der Waals surface area contributed by atoms with Crippen LogP contribution in [0.5, 0.6) is 0 Å². The molecule has 2 N–H and O–H groups in total. The molecule has 0 saturated carbocycles. The SMILES string of the molecule is O=C(O)/C=C/c1c(-c2cccc(N3CCOCC3)c2)cc(Sc2cc(-c3cccc(N4CCOCC4)c3)c(/C=C/C(=O)O)c(Cl)c2Cl)c(Cl)c1Cl. The van der Waals surface area contributed by atoms with Crippen molar-refractivity contribution in [1.82, 2.24) is 0 Å². The Morgan fingerprint density at radius 2 is 1.00 bits per heavy atom. The quantitative estimate of drug-likeness (QED) is 0.152. The minimum Gasteiger partial charge on any atom is -0.478 e. The number of ether oxygens (including phenoxy) is 2. The van der Waals surface area contributed by atoms with Gasteiger partial charge in [0, 0.05) is 70.6 Å². The van der Waals surface area contributed by atoms with E-state index in [1.54, 1.807) is 0 Å². The van der Waals surface area contributed by atoms with Gasteiger partial charge < -0.3 is 29.5 Å². The Morgan fingerprint density at radius 1 is 0.608 bits per heavy atom. The first-order valence-electron chi connectivity index (χ1n) is 16.0. The third kappa shape index (κ3) is 8.69. The van der Waals surface area contributed by atoms with Crippen molar-refractivity contribution in [2.75, 3.05) is 62.4 Å². The number of anilines is 2. The van der Waals surface area contributed by atoms with Crippen LogP contribution in [0, 0.1) is 0 Å². The number of rotatable bonds is 10. The molecular formula is C38H32Cl4N2O6S. The van der Waals surface area contributed by atoms with Crippen LogP contribution in [0.1, 0.15) is 11.1 Å². The summed E-state index contributed by atoms with van der Waals surface area (Å²) in [5, 5.41) is 19.7. The molecule has 2 heterocycles. The number of carboxylic acid groups (broad SMARTS) is 2. The van der Waals surface area contributed by atoms with E-state index in [9.17, 15) is 19.8 Å². The van der Waals surface area contributed by atoms with Crippen molar-refractivity contribution in [3.05, 3.63) is 104 Å². The van der Waals surface area contributed by atoms with Gasteiger partial charge in [-0.2, -0.15) is 0 Å². The standard InChI is InChI=1S/C38H32Cl4N2O6S/c39-35-27(7-9-33(45)46)29(23-3-1-5-25(19-23)43-11-15-49-16-12-43)21-31(37(35)41)51-32-22-30(28(8-10-34(47)48)36(40)38(32)42)24-4-2-6-26(20-24)44-13-17-50-18-14-44/h1-10,19-22H,11-18H2,(H,45,46)(H,47,48)/b9-7+,10-8+. The zero-order chi connectivity index (χ0) is 36.1. The largest absolute Gasteiger partial charge is 0.478 e. The maximum absolute atomic E-state index is 11.6. The first kappa shape index (κ1) is 37.1. The van der Waals surface area contributed by atoms with Gasteiger partial charge >= 0.3 is 11.9 Å². The van der Waals surface area contributed by atoms with E-state index in [1.165, 1.54) is 23.9 Å². The van der Waals surface area contributed by atoms with Crippen LogP contribution in [0.15, 0.2) is 82.6 Å². The van der Waals surface area contributed by atoms with Crippen molar-refractivity contribution in [2.45, 2.75) is 9.79 Å². The number of halogens is 4. The van der Waals surface area contributed by atoms with E-state index < -0.39 is 11.9 Å². The van der Waals surface area contributed by atoms with E-state index in [1.807, 2.05) is 60.7 Å². The minimum absolute atomic E-state index is 0.174. The molecule has 4 aromatic carbocycles. The second-order valence-corrected chi connectivity index (χ2v) is 14.3. The van der Waals surface area contributed by atoms with Gasteiger partial charge in [0.05, 0.1) is 46.5 Å². The Kier molecular flexibility index (Phi) is 12.2. The maximum Gasteiger partial charge on any atom is 0.328 e. The van der Waals surface area contributed by atoms with Crippen LogP contribution in [0.25, 0.3) is 34.4 Å². The summed E-state index contributed by atoms with van der Waals surface area (Å²) in [4.78, 5) is 28.7. The van der Waals surface area contributed by atoms with Gasteiger partial charge in [-0.15, -0.1) is 0 Å². The highest BCUT2D eigenvalue weighted by molar-refractivity contribution is 7.99. The van der Waals surface area contributed by atoms with Gasteiger partial charge in [0.15, 0.2) is 0 Å². The number of benzene rings is 4. The van der Waals surface area contributed by atoms with Crippen LogP contribution >= 0.6 is 58.2 Å². The predicted octanol–water partition coefficient (Wildman–Crippen LogP) is 9.65. The van der Waals surface area contributed by atoms with Gasteiger partial charge in [-0.1, -0.05) is 82.4 Å². The number of hydrogen-bond donors (Lipinski definition) is 2. The fraction of sp³-hybridized carbons (Fsp3) is 0.211. The zero-order valence-corrected chi connectivity index (χ0v) is 30.9. The minimum atomic E-state index is -1.13. The van der Waals surface area contributed by atoms with Crippen molar-refractivity contribution in [3.63, 3.8) is 0 Å². The average molecular weight is 787 g/mol. The van der Waals surface area contributed by atoms with E-state index in [2.05, 4.69) is 9.80 Å². The van der Waals surface area contributed by atoms with Crippen molar-refractivity contribution in [2.24, 2.45) is 0 Å². The van der Waals surface area contributed by atoms with E-state index in [4.69, 9.17) is 55.9 Å². The maximum atomic E-state index is 11.6. The highest BCUT2D eigenvalue weighted by Gasteiger charge is 2.22. The Morgan fingerprint density at radius 3 is 1.37 bits per heavy atom. The highest BCUT2D eigenvalue weighted by atomic mass is 35.5. The smallest absolute Gasteiger partial charge is 0.328 e. The van der Waals surface area contributed by atoms with Crippen LogP contribution in [-0.2, 0) is 19.1 Å². The first-order chi connectivity index (χ1) is 24.6. The summed E-state index contributed by atoms with van der Waals surface area (Å²) >= 11 is 28.9. The summed E-state index contributed by atoms with van der Waals surface area (Å²) in [7, 11) is 0. The third-order valence-corrected chi connectivity index (χ3v) is 11.6. The molecule has 264 valence electrons. The Bertz CT molecular complexity index is 1880. The fourth-order valence-corrected chi connectivity index (χ4v) is 8.16. The highest BCUT2D eigenvalue weighted by Crippen LogP contribution is 2.49. The van der Waals surface area contributed by atoms with Gasteiger partial charge in [-0.3, -0.25) is 0 Å². The normalized spacial score (nSPS) is 15.2. The van der Waals surface area contributed by atoms with Gasteiger partial charge in [0.2, 0.25) is 0 Å². The van der Waals surface area contributed by atoms with Gasteiger partial charge in [0.1, 0.15) is 0 Å². The van der Waals surface area contributed by atoms with Crippen molar-refractivity contribution >= 4 is 93.6 Å². The van der Waals surface area contributed by atoms with Crippen LogP contribution < -0.4 is 9.80 Å². The molecule has 51 heavy (non-hydrogen) atoms. The van der Waals surface area contributed by atoms with E-state index in [0.29, 0.717) is 58.5 Å². The number of nitrogens with zero attached hydrogens (tertiary/aromatic N) is 2. The molecule has 0 bridgehead atoms. The van der Waals surface area contributed by atoms with Crippen molar-refractivity contribution in [3.8, 4) is 22.3 Å². The third-order valence-electron chi connectivity index (χ3n) is 8.49. The van der Waals surface area contributed by atoms with Gasteiger partial charge in [-0.05, 0) is 70.8 Å². The lowest BCUT2D eigenvalue weighted by Crippen LogP contribution is -2.36. The van der Waals surface area contributed by atoms with E-state index in [-0.39, 0.29) is 20.1 Å². The number of carboxylic acids is 2. The molecule has 0 radical (unpaired) electrons. The summed E-state index contributed by atoms with van der Waals surface area (Å²) in [5.74, 6) is -2.25. The molecule has 0 amide bonds. The van der Waals surface area contributed by atoms with Gasteiger partial charge in [-0.25, -0.2) is 9.59 Å². The lowest BCUT2D eigenvalue weighted by Gasteiger charge is -2.29. The van der Waals surface area contributed by atoms with Crippen molar-refractivity contribution < 1.29 is 29.3 Å². The number of carbonyl (C=O) groups is 2. The Hall–Kier alpha value is -3.67. The number of morpholine rings is 2. The predicted molar refractivity (Wildman–Crippen MR) is 207 cm³/mol. The van der Waals surface area contributed by atoms with Crippen molar-refractivity contribution in [1.29, 1.82) is 0 Å². The molecule has 2 aliphatic rings. The molecule has 2 fully saturated rings. The van der Waals surface area contributed by atoms with Gasteiger partial charge in [0.25, 0.3) is 0 Å². The Labute approximate surface area is 319 Å². The average Bonchev–Trinajstić information content (AvgIpc) is 3.15. The summed E-state index contributed by atoms with van der Waals surface area (Å²) in [5.41, 5.74) is 5.84. The van der Waals surface area contributed by atoms with E-state index in [0.717, 1.165) is 60.8 Å². The molecule has 8 nitrogen and oxygen atoms in total. The second-order valence-electron chi connectivity index (χ2n) is 11.7. The molecule has 0 aromatic heterocycles. The van der Waals surface area contributed by atoms with E-state index >= 15 is 0 Å². The second kappa shape index (κ2) is 16.8. The molecule has 0 spiro atoms. The topological polar surface area (TPSA) is 99.5 Å². The molecule has 0 atom stereocenters. The molecule has 2 saturated heterocycles. The summed E-state index contributed by atoms with van der Waals surface area (Å²) in [6.45, 7) is 5.46. The molecule has 2 aliphatic heterocycles. The van der Waals surface area contributed by atoms with Crippen LogP contribution in [-0.4, -0.2) is 74.8 Å². The molecule has 13 heteroatoms. The lowest BCUT2D eigenvalue weighted by atomic mass is 9.98. The first-order valence-corrected chi connectivity index (χ1v) is 18.3. The van der Waals surface area contributed by atoms with Crippen LogP contribution in [0.3, 0.4) is 0 Å². The van der Waals surface area contributed by atoms with Crippen LogP contribution in [0.4, 0.5) is 11.4 Å². The zero-order valence-electron chi connectivity index (χ0n) is 27.1.